The maximum atomic E-state index is 11.2. The minimum Gasteiger partial charge on any atom is -0.469 e. The fourth-order valence-corrected chi connectivity index (χ4v) is 2.00. The molecule has 4 nitrogen and oxygen atoms in total. The van der Waals surface area contributed by atoms with Gasteiger partial charge in [-0.25, -0.2) is 0 Å². The monoisotopic (exact) mass is 207 g/mol. The van der Waals surface area contributed by atoms with E-state index < -0.39 is 0 Å². The van der Waals surface area contributed by atoms with E-state index >= 15 is 0 Å². The molecule has 0 spiro atoms. The molecule has 2 heterocycles. The van der Waals surface area contributed by atoms with E-state index in [4.69, 9.17) is 9.47 Å². The van der Waals surface area contributed by atoms with Gasteiger partial charge in [-0.1, -0.05) is 0 Å². The van der Waals surface area contributed by atoms with Crippen LogP contribution in [0.3, 0.4) is 0 Å². The number of esters is 1. The summed E-state index contributed by atoms with van der Waals surface area (Å²) in [4.78, 5) is 11.2. The number of halogens is 1. The first-order chi connectivity index (χ1) is 5.83. The molecule has 2 aliphatic heterocycles. The van der Waals surface area contributed by atoms with Gasteiger partial charge >= 0.3 is 5.97 Å². The summed E-state index contributed by atoms with van der Waals surface area (Å²) < 4.78 is 10.1. The third-order valence-electron chi connectivity index (χ3n) is 2.71. The van der Waals surface area contributed by atoms with E-state index in [1.54, 1.807) is 0 Å². The van der Waals surface area contributed by atoms with Crippen molar-refractivity contribution in [2.45, 2.75) is 6.10 Å². The summed E-state index contributed by atoms with van der Waals surface area (Å²) in [5, 5.41) is 3.20. The molecule has 1 N–H and O–H groups in total. The van der Waals surface area contributed by atoms with E-state index in [0.29, 0.717) is 12.5 Å². The van der Waals surface area contributed by atoms with Crippen molar-refractivity contribution < 1.29 is 14.3 Å². The molecule has 0 saturated carbocycles. The van der Waals surface area contributed by atoms with Gasteiger partial charge < -0.3 is 14.8 Å². The van der Waals surface area contributed by atoms with Crippen LogP contribution < -0.4 is 5.32 Å². The molecule has 2 aliphatic rings. The standard InChI is InChI=1S/C8H13NO3.ClH/c1-11-8(10)6-4-12-7-3-9-2-5(6)7;/h5-7,9H,2-4H2,1H3;1H/t5-,6-,7-;/m0./s1. The minimum absolute atomic E-state index is 0. The van der Waals surface area contributed by atoms with Crippen LogP contribution in [-0.4, -0.2) is 38.9 Å². The quantitative estimate of drug-likeness (QED) is 0.606. The third-order valence-corrected chi connectivity index (χ3v) is 2.71. The van der Waals surface area contributed by atoms with Crippen LogP contribution in [0.25, 0.3) is 0 Å². The Bertz CT molecular complexity index is 200. The van der Waals surface area contributed by atoms with E-state index in [-0.39, 0.29) is 30.4 Å². The lowest BCUT2D eigenvalue weighted by molar-refractivity contribution is -0.146. The lowest BCUT2D eigenvalue weighted by Gasteiger charge is -2.11. The van der Waals surface area contributed by atoms with Gasteiger partial charge in [0, 0.05) is 19.0 Å². The second-order valence-electron chi connectivity index (χ2n) is 3.32. The topological polar surface area (TPSA) is 47.6 Å². The summed E-state index contributed by atoms with van der Waals surface area (Å²) in [7, 11) is 1.43. The van der Waals surface area contributed by atoms with Crippen molar-refractivity contribution in [2.75, 3.05) is 26.8 Å². The first-order valence-electron chi connectivity index (χ1n) is 4.23. The van der Waals surface area contributed by atoms with Crippen LogP contribution in [0.2, 0.25) is 0 Å². The molecule has 2 rings (SSSR count). The van der Waals surface area contributed by atoms with E-state index in [2.05, 4.69) is 5.32 Å². The molecular weight excluding hydrogens is 194 g/mol. The average Bonchev–Trinajstić information content (AvgIpc) is 2.62. The number of nitrogens with one attached hydrogen (secondary N) is 1. The van der Waals surface area contributed by atoms with Crippen LogP contribution in [0.4, 0.5) is 0 Å². The molecule has 3 atom stereocenters. The van der Waals surface area contributed by atoms with Gasteiger partial charge in [0.15, 0.2) is 0 Å². The highest BCUT2D eigenvalue weighted by Crippen LogP contribution is 2.30. The highest BCUT2D eigenvalue weighted by molar-refractivity contribution is 5.85. The number of hydrogen-bond donors (Lipinski definition) is 1. The second-order valence-corrected chi connectivity index (χ2v) is 3.32. The Morgan fingerprint density at radius 3 is 3.00 bits per heavy atom. The molecule has 76 valence electrons. The van der Waals surface area contributed by atoms with Gasteiger partial charge in [0.1, 0.15) is 0 Å². The van der Waals surface area contributed by atoms with Gasteiger partial charge in [-0.05, 0) is 0 Å². The summed E-state index contributed by atoms with van der Waals surface area (Å²) in [5.41, 5.74) is 0. The fraction of sp³-hybridized carbons (Fsp3) is 0.875. The summed E-state index contributed by atoms with van der Waals surface area (Å²) >= 11 is 0. The summed E-state index contributed by atoms with van der Waals surface area (Å²) in [6.07, 6.45) is 0.231. The predicted octanol–water partition coefficient (Wildman–Crippen LogP) is -0.184. The maximum Gasteiger partial charge on any atom is 0.311 e. The molecule has 0 aromatic rings. The Labute approximate surface area is 83.4 Å². The smallest absolute Gasteiger partial charge is 0.311 e. The average molecular weight is 208 g/mol. The predicted molar refractivity (Wildman–Crippen MR) is 48.9 cm³/mol. The van der Waals surface area contributed by atoms with Gasteiger partial charge in [0.05, 0.1) is 25.7 Å². The highest BCUT2D eigenvalue weighted by Gasteiger charge is 2.44. The van der Waals surface area contributed by atoms with E-state index in [1.165, 1.54) is 7.11 Å². The maximum absolute atomic E-state index is 11.2. The zero-order valence-corrected chi connectivity index (χ0v) is 8.30. The van der Waals surface area contributed by atoms with Gasteiger partial charge in [-0.15, -0.1) is 12.4 Å². The van der Waals surface area contributed by atoms with Crippen molar-refractivity contribution in [1.82, 2.24) is 5.32 Å². The fourth-order valence-electron chi connectivity index (χ4n) is 2.00. The van der Waals surface area contributed by atoms with Gasteiger partial charge in [0.2, 0.25) is 0 Å². The Hall–Kier alpha value is -0.320. The van der Waals surface area contributed by atoms with Crippen LogP contribution in [-0.2, 0) is 14.3 Å². The molecular formula is C8H14ClNO3. The zero-order chi connectivity index (χ0) is 8.55. The molecule has 0 aromatic carbocycles. The number of rotatable bonds is 1. The van der Waals surface area contributed by atoms with Crippen molar-refractivity contribution in [3.63, 3.8) is 0 Å². The molecule has 0 aliphatic carbocycles. The SMILES string of the molecule is COC(=O)[C@H]1CO[C@H]2CNC[C@H]21.Cl. The number of carbonyl (C=O) groups is 1. The molecule has 2 fully saturated rings. The van der Waals surface area contributed by atoms with Crippen molar-refractivity contribution in [3.8, 4) is 0 Å². The highest BCUT2D eigenvalue weighted by atomic mass is 35.5. The Morgan fingerprint density at radius 1 is 1.54 bits per heavy atom. The summed E-state index contributed by atoms with van der Waals surface area (Å²) in [5.74, 6) is 0.152. The minimum atomic E-state index is -0.133. The van der Waals surface area contributed by atoms with Crippen LogP contribution in [0.15, 0.2) is 0 Å². The first-order valence-corrected chi connectivity index (χ1v) is 4.23. The normalized spacial score (nSPS) is 36.5. The molecule has 0 aromatic heterocycles. The van der Waals surface area contributed by atoms with Crippen molar-refractivity contribution in [2.24, 2.45) is 11.8 Å². The van der Waals surface area contributed by atoms with E-state index in [1.807, 2.05) is 0 Å². The Kier molecular flexibility index (Phi) is 3.53. The van der Waals surface area contributed by atoms with Crippen molar-refractivity contribution >= 4 is 18.4 Å². The van der Waals surface area contributed by atoms with E-state index in [0.717, 1.165) is 13.1 Å². The molecule has 13 heavy (non-hydrogen) atoms. The molecule has 5 heteroatoms. The molecule has 0 radical (unpaired) electrons. The number of ether oxygens (including phenoxy) is 2. The largest absolute Gasteiger partial charge is 0.469 e. The second kappa shape index (κ2) is 4.26. The van der Waals surface area contributed by atoms with Gasteiger partial charge in [-0.3, -0.25) is 4.79 Å². The third kappa shape index (κ3) is 1.80. The Balaban J connectivity index is 0.000000845. The van der Waals surface area contributed by atoms with Gasteiger partial charge in [-0.2, -0.15) is 0 Å². The lowest BCUT2D eigenvalue weighted by atomic mass is 9.93. The molecule has 0 amide bonds. The van der Waals surface area contributed by atoms with Crippen molar-refractivity contribution in [3.05, 3.63) is 0 Å². The number of fused-ring (bicyclic) bond motifs is 1. The van der Waals surface area contributed by atoms with E-state index in [9.17, 15) is 4.79 Å². The lowest BCUT2D eigenvalue weighted by Crippen LogP contribution is -2.27. The van der Waals surface area contributed by atoms with Crippen LogP contribution in [0, 0.1) is 11.8 Å². The first kappa shape index (κ1) is 10.8. The van der Waals surface area contributed by atoms with Crippen LogP contribution in [0.1, 0.15) is 0 Å². The molecule has 2 saturated heterocycles. The van der Waals surface area contributed by atoms with Crippen molar-refractivity contribution in [1.29, 1.82) is 0 Å². The van der Waals surface area contributed by atoms with Crippen LogP contribution >= 0.6 is 12.4 Å². The number of methoxy groups -OCH3 is 1. The Morgan fingerprint density at radius 2 is 2.31 bits per heavy atom. The van der Waals surface area contributed by atoms with Crippen LogP contribution in [0.5, 0.6) is 0 Å². The van der Waals surface area contributed by atoms with Gasteiger partial charge in [0.25, 0.3) is 0 Å². The zero-order valence-electron chi connectivity index (χ0n) is 7.49. The summed E-state index contributed by atoms with van der Waals surface area (Å²) in [6.45, 7) is 2.28. The molecule has 0 bridgehead atoms. The summed E-state index contributed by atoms with van der Waals surface area (Å²) in [6, 6.07) is 0. The number of carbonyl (C=O) groups excluding carboxylic acids is 1. The molecule has 0 unspecified atom stereocenters. The number of hydrogen-bond acceptors (Lipinski definition) is 4.